The molecular formula is C14H20N2O. The van der Waals surface area contributed by atoms with Gasteiger partial charge in [0.2, 0.25) is 5.91 Å². The Morgan fingerprint density at radius 3 is 2.82 bits per heavy atom. The molecule has 0 unspecified atom stereocenters. The molecule has 3 nitrogen and oxygen atoms in total. The van der Waals surface area contributed by atoms with Crippen LogP contribution in [0.4, 0.5) is 0 Å². The van der Waals surface area contributed by atoms with Crippen LogP contribution < -0.4 is 10.6 Å². The van der Waals surface area contributed by atoms with Crippen molar-refractivity contribution in [3.8, 4) is 0 Å². The van der Waals surface area contributed by atoms with E-state index >= 15 is 0 Å². The van der Waals surface area contributed by atoms with E-state index in [4.69, 9.17) is 0 Å². The molecule has 0 aliphatic carbocycles. The minimum absolute atomic E-state index is 0.0222. The van der Waals surface area contributed by atoms with Crippen molar-refractivity contribution in [2.75, 3.05) is 13.6 Å². The highest BCUT2D eigenvalue weighted by Gasteiger charge is 1.96. The Morgan fingerprint density at radius 1 is 1.35 bits per heavy atom. The zero-order valence-corrected chi connectivity index (χ0v) is 10.5. The molecule has 0 aliphatic rings. The van der Waals surface area contributed by atoms with E-state index in [0.29, 0.717) is 6.54 Å². The lowest BCUT2D eigenvalue weighted by atomic mass is 10.1. The van der Waals surface area contributed by atoms with Crippen LogP contribution in [0.2, 0.25) is 0 Å². The maximum atomic E-state index is 10.7. The Hall–Kier alpha value is -1.61. The van der Waals surface area contributed by atoms with Crippen LogP contribution >= 0.6 is 0 Å². The van der Waals surface area contributed by atoms with Gasteiger partial charge < -0.3 is 10.6 Å². The molecule has 1 amide bonds. The molecule has 0 fully saturated rings. The second-order valence-electron chi connectivity index (χ2n) is 3.90. The molecule has 0 atom stereocenters. The van der Waals surface area contributed by atoms with E-state index in [9.17, 15) is 4.79 Å². The van der Waals surface area contributed by atoms with Crippen LogP contribution in [0.3, 0.4) is 0 Å². The lowest BCUT2D eigenvalue weighted by molar-refractivity contribution is -0.118. The van der Waals surface area contributed by atoms with Crippen LogP contribution in [0.25, 0.3) is 6.08 Å². The summed E-state index contributed by atoms with van der Waals surface area (Å²) < 4.78 is 0. The van der Waals surface area contributed by atoms with Crippen LogP contribution in [0.1, 0.15) is 24.5 Å². The fraction of sp³-hybridized carbons (Fsp3) is 0.357. The number of carbonyl (C=O) groups is 1. The van der Waals surface area contributed by atoms with Gasteiger partial charge in [-0.25, -0.2) is 0 Å². The highest BCUT2D eigenvalue weighted by atomic mass is 16.1. The summed E-state index contributed by atoms with van der Waals surface area (Å²) in [6.07, 6.45) is 5.05. The average molecular weight is 232 g/mol. The summed E-state index contributed by atoms with van der Waals surface area (Å²) in [5.74, 6) is 0.0222. The summed E-state index contributed by atoms with van der Waals surface area (Å²) in [4.78, 5) is 10.7. The Labute approximate surface area is 103 Å². The highest BCUT2D eigenvalue weighted by Crippen LogP contribution is 2.10. The fourth-order valence-electron chi connectivity index (χ4n) is 1.59. The van der Waals surface area contributed by atoms with E-state index in [1.807, 2.05) is 19.2 Å². The first-order valence-electron chi connectivity index (χ1n) is 5.87. The molecule has 92 valence electrons. The second kappa shape index (κ2) is 7.63. The first-order chi connectivity index (χ1) is 8.24. The predicted molar refractivity (Wildman–Crippen MR) is 71.5 cm³/mol. The summed E-state index contributed by atoms with van der Waals surface area (Å²) in [5, 5.41) is 5.92. The molecule has 0 saturated heterocycles. The third-order valence-corrected chi connectivity index (χ3v) is 2.40. The molecule has 1 aromatic carbocycles. The van der Waals surface area contributed by atoms with E-state index in [1.165, 1.54) is 18.1 Å². The van der Waals surface area contributed by atoms with Gasteiger partial charge >= 0.3 is 0 Å². The molecule has 0 radical (unpaired) electrons. The molecule has 2 N–H and O–H groups in total. The topological polar surface area (TPSA) is 41.1 Å². The van der Waals surface area contributed by atoms with E-state index in [0.717, 1.165) is 13.0 Å². The van der Waals surface area contributed by atoms with Crippen LogP contribution in [0.5, 0.6) is 0 Å². The van der Waals surface area contributed by atoms with Crippen molar-refractivity contribution in [3.05, 3.63) is 41.5 Å². The third kappa shape index (κ3) is 5.31. The SMILES string of the molecule is CNCc1ccccc1C=CCCNC(C)=O. The number of nitrogens with one attached hydrogen (secondary N) is 2. The van der Waals surface area contributed by atoms with Gasteiger partial charge in [-0.2, -0.15) is 0 Å². The quantitative estimate of drug-likeness (QED) is 0.736. The number of hydrogen-bond acceptors (Lipinski definition) is 2. The van der Waals surface area contributed by atoms with E-state index in [-0.39, 0.29) is 5.91 Å². The zero-order valence-electron chi connectivity index (χ0n) is 10.5. The molecular weight excluding hydrogens is 212 g/mol. The largest absolute Gasteiger partial charge is 0.356 e. The van der Waals surface area contributed by atoms with Gasteiger partial charge in [0, 0.05) is 20.0 Å². The van der Waals surface area contributed by atoms with Gasteiger partial charge in [0.1, 0.15) is 0 Å². The van der Waals surface area contributed by atoms with Gasteiger partial charge in [0.25, 0.3) is 0 Å². The minimum Gasteiger partial charge on any atom is -0.356 e. The van der Waals surface area contributed by atoms with E-state index in [1.54, 1.807) is 0 Å². The van der Waals surface area contributed by atoms with E-state index in [2.05, 4.69) is 34.9 Å². The number of rotatable bonds is 6. The Kier molecular flexibility index (Phi) is 6.04. The van der Waals surface area contributed by atoms with Crippen molar-refractivity contribution in [1.82, 2.24) is 10.6 Å². The molecule has 0 saturated carbocycles. The molecule has 0 heterocycles. The molecule has 0 aromatic heterocycles. The third-order valence-electron chi connectivity index (χ3n) is 2.40. The van der Waals surface area contributed by atoms with Crippen LogP contribution in [-0.2, 0) is 11.3 Å². The number of carbonyl (C=O) groups excluding carboxylic acids is 1. The van der Waals surface area contributed by atoms with Crippen molar-refractivity contribution in [3.63, 3.8) is 0 Å². The molecule has 0 aliphatic heterocycles. The predicted octanol–water partition coefficient (Wildman–Crippen LogP) is 1.95. The average Bonchev–Trinajstić information content (AvgIpc) is 2.31. The second-order valence-corrected chi connectivity index (χ2v) is 3.90. The van der Waals surface area contributed by atoms with Crippen molar-refractivity contribution in [1.29, 1.82) is 0 Å². The molecule has 1 aromatic rings. The van der Waals surface area contributed by atoms with Gasteiger partial charge in [-0.1, -0.05) is 36.4 Å². The van der Waals surface area contributed by atoms with Gasteiger partial charge in [0.05, 0.1) is 0 Å². The molecule has 1 rings (SSSR count). The zero-order chi connectivity index (χ0) is 12.5. The van der Waals surface area contributed by atoms with E-state index < -0.39 is 0 Å². The number of amides is 1. The lowest BCUT2D eigenvalue weighted by Crippen LogP contribution is -2.20. The highest BCUT2D eigenvalue weighted by molar-refractivity contribution is 5.72. The standard InChI is InChI=1S/C14H20N2O/c1-12(17)16-10-6-5-8-13-7-3-4-9-14(13)11-15-2/h3-5,7-9,15H,6,10-11H2,1-2H3,(H,16,17). The van der Waals surface area contributed by atoms with Gasteiger partial charge in [0.15, 0.2) is 0 Å². The van der Waals surface area contributed by atoms with Crippen molar-refractivity contribution >= 4 is 12.0 Å². The first-order valence-corrected chi connectivity index (χ1v) is 5.87. The van der Waals surface area contributed by atoms with Crippen LogP contribution in [0.15, 0.2) is 30.3 Å². The molecule has 3 heteroatoms. The van der Waals surface area contributed by atoms with Gasteiger partial charge in [-0.05, 0) is 24.6 Å². The molecule has 17 heavy (non-hydrogen) atoms. The maximum Gasteiger partial charge on any atom is 0.216 e. The normalized spacial score (nSPS) is 10.7. The Balaban J connectivity index is 2.49. The monoisotopic (exact) mass is 232 g/mol. The Morgan fingerprint density at radius 2 is 2.12 bits per heavy atom. The first kappa shape index (κ1) is 13.5. The summed E-state index contributed by atoms with van der Waals surface area (Å²) in [6, 6.07) is 8.29. The summed E-state index contributed by atoms with van der Waals surface area (Å²) in [7, 11) is 1.94. The van der Waals surface area contributed by atoms with Gasteiger partial charge in [-0.15, -0.1) is 0 Å². The minimum atomic E-state index is 0.0222. The van der Waals surface area contributed by atoms with Crippen molar-refractivity contribution < 1.29 is 4.79 Å². The van der Waals surface area contributed by atoms with Crippen LogP contribution in [-0.4, -0.2) is 19.5 Å². The van der Waals surface area contributed by atoms with Gasteiger partial charge in [-0.3, -0.25) is 4.79 Å². The molecule has 0 bridgehead atoms. The summed E-state index contributed by atoms with van der Waals surface area (Å²) in [6.45, 7) is 3.10. The van der Waals surface area contributed by atoms with Crippen LogP contribution in [0, 0.1) is 0 Å². The summed E-state index contributed by atoms with van der Waals surface area (Å²) in [5.41, 5.74) is 2.51. The number of hydrogen-bond donors (Lipinski definition) is 2. The smallest absolute Gasteiger partial charge is 0.216 e. The van der Waals surface area contributed by atoms with Crippen molar-refractivity contribution in [2.24, 2.45) is 0 Å². The Bertz CT molecular complexity index is 386. The lowest BCUT2D eigenvalue weighted by Gasteiger charge is -2.04. The molecule has 0 spiro atoms. The summed E-state index contributed by atoms with van der Waals surface area (Å²) >= 11 is 0. The fourth-order valence-corrected chi connectivity index (χ4v) is 1.59. The van der Waals surface area contributed by atoms with Crippen molar-refractivity contribution in [2.45, 2.75) is 19.9 Å². The maximum absolute atomic E-state index is 10.7. The number of benzene rings is 1.